The molecular formula is C18H18N4O2. The summed E-state index contributed by atoms with van der Waals surface area (Å²) in [7, 11) is 1.58. The molecule has 0 bridgehead atoms. The molecule has 0 saturated heterocycles. The Morgan fingerprint density at radius 3 is 2.54 bits per heavy atom. The molecule has 0 atom stereocenters. The van der Waals surface area contributed by atoms with Gasteiger partial charge in [-0.2, -0.15) is 0 Å². The van der Waals surface area contributed by atoms with E-state index in [0.29, 0.717) is 23.6 Å². The number of nitrogens with zero attached hydrogens (tertiary/aromatic N) is 2. The first kappa shape index (κ1) is 15.7. The molecule has 2 aromatic carbocycles. The second-order valence-corrected chi connectivity index (χ2v) is 5.44. The van der Waals surface area contributed by atoms with Crippen LogP contribution < -0.4 is 15.6 Å². The van der Waals surface area contributed by atoms with Crippen molar-refractivity contribution < 1.29 is 4.74 Å². The lowest BCUT2D eigenvalue weighted by molar-refractivity contribution is 0.417. The summed E-state index contributed by atoms with van der Waals surface area (Å²) in [5.74, 6) is 0.932. The van der Waals surface area contributed by atoms with Crippen LogP contribution in [0.4, 0.5) is 11.6 Å². The molecule has 6 nitrogen and oxygen atoms in total. The number of methoxy groups -OCH3 is 1. The Balaban J connectivity index is 1.79. The number of para-hydroxylation sites is 2. The van der Waals surface area contributed by atoms with Crippen molar-refractivity contribution in [2.45, 2.75) is 13.3 Å². The number of aromatic amines is 1. The lowest BCUT2D eigenvalue weighted by Crippen LogP contribution is -2.19. The fourth-order valence-electron chi connectivity index (χ4n) is 2.31. The Morgan fingerprint density at radius 1 is 1.08 bits per heavy atom. The van der Waals surface area contributed by atoms with E-state index >= 15 is 0 Å². The van der Waals surface area contributed by atoms with Crippen LogP contribution in [-0.4, -0.2) is 22.3 Å². The smallest absolute Gasteiger partial charge is 0.274 e. The van der Waals surface area contributed by atoms with E-state index < -0.39 is 0 Å². The Bertz CT molecular complexity index is 888. The van der Waals surface area contributed by atoms with Crippen LogP contribution in [0.25, 0.3) is 0 Å². The molecule has 2 N–H and O–H groups in total. The average Bonchev–Trinajstić information content (AvgIpc) is 2.60. The maximum Gasteiger partial charge on any atom is 0.274 e. The molecule has 0 fully saturated rings. The minimum atomic E-state index is -0.261. The molecule has 0 radical (unpaired) electrons. The number of hydrogen-bond acceptors (Lipinski definition) is 5. The van der Waals surface area contributed by atoms with Gasteiger partial charge in [0.05, 0.1) is 12.8 Å². The molecular weight excluding hydrogens is 304 g/mol. The molecule has 0 unspecified atom stereocenters. The number of H-pyrrole nitrogens is 1. The fourth-order valence-corrected chi connectivity index (χ4v) is 2.31. The summed E-state index contributed by atoms with van der Waals surface area (Å²) in [6.45, 7) is 2.02. The largest absolute Gasteiger partial charge is 0.495 e. The number of aryl methyl sites for hydroxylation is 1. The van der Waals surface area contributed by atoms with Crippen LogP contribution in [0.5, 0.6) is 5.75 Å². The number of benzene rings is 2. The van der Waals surface area contributed by atoms with Crippen LogP contribution in [0.2, 0.25) is 0 Å². The molecule has 6 heteroatoms. The summed E-state index contributed by atoms with van der Waals surface area (Å²) in [6, 6.07) is 15.4. The topological polar surface area (TPSA) is 79.9 Å². The van der Waals surface area contributed by atoms with Gasteiger partial charge in [0.25, 0.3) is 5.56 Å². The summed E-state index contributed by atoms with van der Waals surface area (Å²) in [6.07, 6.45) is 0.442. The Kier molecular flexibility index (Phi) is 4.56. The van der Waals surface area contributed by atoms with E-state index in [2.05, 4.69) is 20.5 Å². The average molecular weight is 322 g/mol. The zero-order chi connectivity index (χ0) is 16.9. The first-order valence-electron chi connectivity index (χ1n) is 7.57. The van der Waals surface area contributed by atoms with E-state index in [9.17, 15) is 4.79 Å². The standard InChI is InChI=1S/C18H18N4O2/c1-12-7-9-13(10-8-12)11-15-17(23)20-18(22-21-15)19-14-5-3-4-6-16(14)24-2/h3-10H,11H2,1-2H3,(H2,19,20,22,23). The van der Waals surface area contributed by atoms with Crippen molar-refractivity contribution in [1.82, 2.24) is 15.2 Å². The van der Waals surface area contributed by atoms with Gasteiger partial charge in [0.15, 0.2) is 0 Å². The van der Waals surface area contributed by atoms with Gasteiger partial charge in [-0.1, -0.05) is 42.0 Å². The molecule has 3 aromatic rings. The first-order valence-corrected chi connectivity index (χ1v) is 7.57. The van der Waals surface area contributed by atoms with Crippen molar-refractivity contribution in [3.63, 3.8) is 0 Å². The van der Waals surface area contributed by atoms with Crippen LogP contribution in [-0.2, 0) is 6.42 Å². The lowest BCUT2D eigenvalue weighted by Gasteiger charge is -2.09. The molecule has 0 spiro atoms. The van der Waals surface area contributed by atoms with Crippen molar-refractivity contribution in [3.05, 3.63) is 75.7 Å². The second kappa shape index (κ2) is 6.95. The highest BCUT2D eigenvalue weighted by atomic mass is 16.5. The summed E-state index contributed by atoms with van der Waals surface area (Å²) in [5.41, 5.74) is 3.02. The summed E-state index contributed by atoms with van der Waals surface area (Å²) in [5, 5.41) is 11.1. The van der Waals surface area contributed by atoms with Gasteiger partial charge in [-0.05, 0) is 24.6 Å². The predicted molar refractivity (Wildman–Crippen MR) is 92.9 cm³/mol. The molecule has 0 saturated carbocycles. The molecule has 1 heterocycles. The zero-order valence-corrected chi connectivity index (χ0v) is 13.5. The monoisotopic (exact) mass is 322 g/mol. The minimum Gasteiger partial charge on any atom is -0.495 e. The van der Waals surface area contributed by atoms with Crippen LogP contribution in [0.15, 0.2) is 53.3 Å². The molecule has 3 rings (SSSR count). The Hall–Kier alpha value is -3.15. The van der Waals surface area contributed by atoms with E-state index in [1.165, 1.54) is 5.56 Å². The van der Waals surface area contributed by atoms with E-state index in [4.69, 9.17) is 4.74 Å². The highest BCUT2D eigenvalue weighted by Crippen LogP contribution is 2.24. The number of hydrogen-bond donors (Lipinski definition) is 2. The third kappa shape index (κ3) is 3.60. The van der Waals surface area contributed by atoms with Gasteiger partial charge in [0, 0.05) is 6.42 Å². The molecule has 0 amide bonds. The van der Waals surface area contributed by atoms with Crippen LogP contribution in [0.3, 0.4) is 0 Å². The van der Waals surface area contributed by atoms with Gasteiger partial charge >= 0.3 is 0 Å². The predicted octanol–water partition coefficient (Wildman–Crippen LogP) is 2.82. The zero-order valence-electron chi connectivity index (χ0n) is 13.5. The summed E-state index contributed by atoms with van der Waals surface area (Å²) < 4.78 is 5.26. The maximum absolute atomic E-state index is 12.2. The van der Waals surface area contributed by atoms with Gasteiger partial charge < -0.3 is 10.1 Å². The van der Waals surface area contributed by atoms with E-state index in [-0.39, 0.29) is 11.5 Å². The second-order valence-electron chi connectivity index (χ2n) is 5.44. The summed E-state index contributed by atoms with van der Waals surface area (Å²) >= 11 is 0. The molecule has 0 aliphatic rings. The molecule has 0 aliphatic carbocycles. The lowest BCUT2D eigenvalue weighted by atomic mass is 10.1. The van der Waals surface area contributed by atoms with Crippen LogP contribution in [0, 0.1) is 6.92 Å². The third-order valence-corrected chi connectivity index (χ3v) is 3.62. The Morgan fingerprint density at radius 2 is 1.83 bits per heavy atom. The van der Waals surface area contributed by atoms with Crippen molar-refractivity contribution in [2.75, 3.05) is 12.4 Å². The normalized spacial score (nSPS) is 10.4. The number of nitrogens with one attached hydrogen (secondary N) is 2. The number of rotatable bonds is 5. The van der Waals surface area contributed by atoms with Crippen LogP contribution in [0.1, 0.15) is 16.8 Å². The molecule has 1 aromatic heterocycles. The molecule has 122 valence electrons. The highest BCUT2D eigenvalue weighted by Gasteiger charge is 2.08. The number of anilines is 2. The molecule has 24 heavy (non-hydrogen) atoms. The van der Waals surface area contributed by atoms with Crippen molar-refractivity contribution in [3.8, 4) is 5.75 Å². The minimum absolute atomic E-state index is 0.261. The van der Waals surface area contributed by atoms with E-state index in [1.807, 2.05) is 55.5 Å². The van der Waals surface area contributed by atoms with Crippen LogP contribution >= 0.6 is 0 Å². The quantitative estimate of drug-likeness (QED) is 0.755. The van der Waals surface area contributed by atoms with E-state index in [0.717, 1.165) is 5.56 Å². The van der Waals surface area contributed by atoms with Gasteiger partial charge in [-0.15, -0.1) is 10.2 Å². The number of ether oxygens (including phenoxy) is 1. The van der Waals surface area contributed by atoms with Gasteiger partial charge in [-0.3, -0.25) is 9.78 Å². The number of aromatic nitrogens is 3. The maximum atomic E-state index is 12.2. The molecule has 0 aliphatic heterocycles. The first-order chi connectivity index (χ1) is 11.7. The SMILES string of the molecule is COc1ccccc1Nc1nnc(Cc2ccc(C)cc2)c(=O)[nH]1. The van der Waals surface area contributed by atoms with Gasteiger partial charge in [0.1, 0.15) is 11.4 Å². The van der Waals surface area contributed by atoms with Crippen molar-refractivity contribution in [1.29, 1.82) is 0 Å². The van der Waals surface area contributed by atoms with Crippen molar-refractivity contribution in [2.24, 2.45) is 0 Å². The van der Waals surface area contributed by atoms with E-state index in [1.54, 1.807) is 7.11 Å². The van der Waals surface area contributed by atoms with Crippen molar-refractivity contribution >= 4 is 11.6 Å². The Labute approximate surface area is 139 Å². The van der Waals surface area contributed by atoms with Gasteiger partial charge in [-0.25, -0.2) is 0 Å². The third-order valence-electron chi connectivity index (χ3n) is 3.62. The summed E-state index contributed by atoms with van der Waals surface area (Å²) in [4.78, 5) is 14.9. The fraction of sp³-hybridized carbons (Fsp3) is 0.167. The highest BCUT2D eigenvalue weighted by molar-refractivity contribution is 5.61. The van der Waals surface area contributed by atoms with Gasteiger partial charge in [0.2, 0.25) is 5.95 Å².